The lowest BCUT2D eigenvalue weighted by molar-refractivity contribution is 0.486. The Morgan fingerprint density at radius 1 is 1.44 bits per heavy atom. The van der Waals surface area contributed by atoms with Gasteiger partial charge in [0.05, 0.1) is 0 Å². The van der Waals surface area contributed by atoms with Gasteiger partial charge >= 0.3 is 0 Å². The quantitative estimate of drug-likeness (QED) is 0.826. The van der Waals surface area contributed by atoms with Gasteiger partial charge in [-0.05, 0) is 45.5 Å². The smallest absolute Gasteiger partial charge is 0.125 e. The number of likely N-dealkylation sites (N-methyl/N-ethyl adjacent to an activating group) is 1. The number of anilines is 1. The van der Waals surface area contributed by atoms with E-state index in [0.29, 0.717) is 6.04 Å². The Hall–Kier alpha value is -1.09. The topological polar surface area (TPSA) is 15.3 Å². The van der Waals surface area contributed by atoms with Gasteiger partial charge in [0.2, 0.25) is 0 Å². The minimum atomic E-state index is -0.166. The van der Waals surface area contributed by atoms with Gasteiger partial charge in [-0.3, -0.25) is 0 Å². The Balaban J connectivity index is 2.27. The highest BCUT2D eigenvalue weighted by atomic mass is 19.1. The summed E-state index contributed by atoms with van der Waals surface area (Å²) in [6.07, 6.45) is 1.08. The molecule has 1 atom stereocenters. The van der Waals surface area contributed by atoms with Crippen LogP contribution in [0.15, 0.2) is 24.3 Å². The molecular formula is C13H19FN2. The number of benzene rings is 1. The summed E-state index contributed by atoms with van der Waals surface area (Å²) in [5, 5.41) is 3.30. The zero-order chi connectivity index (χ0) is 11.8. The maximum atomic E-state index is 13.2. The standard InChI is InChI=1S/C13H19FN2/c1-13(2)8-11(15-3)9-16(13)12-6-4-5-10(14)7-12/h4-7,11,15H,8-9H2,1-3H3. The molecule has 0 aromatic heterocycles. The fourth-order valence-corrected chi connectivity index (χ4v) is 2.54. The molecule has 1 aliphatic heterocycles. The van der Waals surface area contributed by atoms with E-state index in [4.69, 9.17) is 0 Å². The van der Waals surface area contributed by atoms with Gasteiger partial charge in [0.1, 0.15) is 5.82 Å². The molecule has 1 aromatic rings. The van der Waals surface area contributed by atoms with Gasteiger partial charge in [-0.1, -0.05) is 6.07 Å². The molecule has 0 amide bonds. The van der Waals surface area contributed by atoms with Crippen LogP contribution in [0.1, 0.15) is 20.3 Å². The van der Waals surface area contributed by atoms with E-state index in [0.717, 1.165) is 18.7 Å². The van der Waals surface area contributed by atoms with Crippen LogP contribution in [0.25, 0.3) is 0 Å². The highest BCUT2D eigenvalue weighted by Crippen LogP contribution is 2.33. The SMILES string of the molecule is CNC1CN(c2cccc(F)c2)C(C)(C)C1. The lowest BCUT2D eigenvalue weighted by atomic mass is 10.00. The molecule has 1 unspecified atom stereocenters. The van der Waals surface area contributed by atoms with Crippen LogP contribution < -0.4 is 10.2 Å². The van der Waals surface area contributed by atoms with E-state index < -0.39 is 0 Å². The van der Waals surface area contributed by atoms with Crippen LogP contribution in [0.3, 0.4) is 0 Å². The molecule has 16 heavy (non-hydrogen) atoms. The van der Waals surface area contributed by atoms with Crippen LogP contribution in [0.4, 0.5) is 10.1 Å². The van der Waals surface area contributed by atoms with Crippen molar-refractivity contribution in [3.63, 3.8) is 0 Å². The normalized spacial score (nSPS) is 23.8. The van der Waals surface area contributed by atoms with Gasteiger partial charge in [0.15, 0.2) is 0 Å². The highest BCUT2D eigenvalue weighted by molar-refractivity contribution is 5.50. The second-order valence-corrected chi connectivity index (χ2v) is 5.09. The number of nitrogens with zero attached hydrogens (tertiary/aromatic N) is 1. The summed E-state index contributed by atoms with van der Waals surface area (Å²) < 4.78 is 13.2. The van der Waals surface area contributed by atoms with Crippen molar-refractivity contribution >= 4 is 5.69 Å². The Morgan fingerprint density at radius 3 is 2.75 bits per heavy atom. The number of hydrogen-bond donors (Lipinski definition) is 1. The van der Waals surface area contributed by atoms with Crippen molar-refractivity contribution in [2.45, 2.75) is 31.8 Å². The van der Waals surface area contributed by atoms with Crippen molar-refractivity contribution in [3.8, 4) is 0 Å². The highest BCUT2D eigenvalue weighted by Gasteiger charge is 2.37. The Bertz CT molecular complexity index is 376. The number of nitrogens with one attached hydrogen (secondary N) is 1. The molecule has 0 spiro atoms. The molecule has 0 saturated carbocycles. The van der Waals surface area contributed by atoms with E-state index in [1.807, 2.05) is 13.1 Å². The van der Waals surface area contributed by atoms with E-state index >= 15 is 0 Å². The zero-order valence-corrected chi connectivity index (χ0v) is 10.1. The maximum absolute atomic E-state index is 13.2. The molecule has 1 aromatic carbocycles. The average Bonchev–Trinajstić information content (AvgIpc) is 2.53. The van der Waals surface area contributed by atoms with Gasteiger partial charge in [-0.25, -0.2) is 4.39 Å². The minimum Gasteiger partial charge on any atom is -0.365 e. The molecule has 0 aliphatic carbocycles. The molecule has 1 heterocycles. The van der Waals surface area contributed by atoms with Crippen molar-refractivity contribution in [1.82, 2.24) is 5.32 Å². The molecule has 3 heteroatoms. The van der Waals surface area contributed by atoms with Crippen LogP contribution in [-0.2, 0) is 0 Å². The van der Waals surface area contributed by atoms with Gasteiger partial charge in [-0.15, -0.1) is 0 Å². The van der Waals surface area contributed by atoms with E-state index in [2.05, 4.69) is 24.1 Å². The van der Waals surface area contributed by atoms with E-state index in [-0.39, 0.29) is 11.4 Å². The summed E-state index contributed by atoms with van der Waals surface area (Å²) in [6, 6.07) is 7.33. The third-order valence-corrected chi connectivity index (χ3v) is 3.41. The fraction of sp³-hybridized carbons (Fsp3) is 0.538. The van der Waals surface area contributed by atoms with E-state index in [9.17, 15) is 4.39 Å². The van der Waals surface area contributed by atoms with Crippen molar-refractivity contribution in [2.24, 2.45) is 0 Å². The zero-order valence-electron chi connectivity index (χ0n) is 10.1. The van der Waals surface area contributed by atoms with E-state index in [1.54, 1.807) is 12.1 Å². The first-order chi connectivity index (χ1) is 7.53. The van der Waals surface area contributed by atoms with Crippen LogP contribution in [0.2, 0.25) is 0 Å². The van der Waals surface area contributed by atoms with Crippen molar-refractivity contribution in [1.29, 1.82) is 0 Å². The van der Waals surface area contributed by atoms with Crippen LogP contribution in [0, 0.1) is 5.82 Å². The van der Waals surface area contributed by atoms with Gasteiger partial charge in [0.25, 0.3) is 0 Å². The van der Waals surface area contributed by atoms with Crippen molar-refractivity contribution < 1.29 is 4.39 Å². The summed E-state index contributed by atoms with van der Waals surface area (Å²) in [5.41, 5.74) is 1.06. The second-order valence-electron chi connectivity index (χ2n) is 5.09. The molecule has 1 saturated heterocycles. The van der Waals surface area contributed by atoms with Gasteiger partial charge < -0.3 is 10.2 Å². The molecule has 2 rings (SSSR count). The third kappa shape index (κ3) is 2.05. The molecule has 0 radical (unpaired) electrons. The molecule has 1 fully saturated rings. The number of rotatable bonds is 2. The predicted octanol–water partition coefficient (Wildman–Crippen LogP) is 2.40. The largest absolute Gasteiger partial charge is 0.365 e. The molecule has 1 N–H and O–H groups in total. The predicted molar refractivity (Wildman–Crippen MR) is 65.3 cm³/mol. The summed E-state index contributed by atoms with van der Waals surface area (Å²) in [7, 11) is 1.98. The van der Waals surface area contributed by atoms with E-state index in [1.165, 1.54) is 6.07 Å². The maximum Gasteiger partial charge on any atom is 0.125 e. The molecule has 1 aliphatic rings. The second kappa shape index (κ2) is 4.06. The Kier molecular flexibility index (Phi) is 2.89. The molecular weight excluding hydrogens is 203 g/mol. The summed E-state index contributed by atoms with van der Waals surface area (Å²) in [5.74, 6) is -0.166. The fourth-order valence-electron chi connectivity index (χ4n) is 2.54. The van der Waals surface area contributed by atoms with Crippen LogP contribution in [0.5, 0.6) is 0 Å². The van der Waals surface area contributed by atoms with Crippen LogP contribution >= 0.6 is 0 Å². The molecule has 0 bridgehead atoms. The molecule has 2 nitrogen and oxygen atoms in total. The average molecular weight is 222 g/mol. The van der Waals surface area contributed by atoms with Gasteiger partial charge in [0, 0.05) is 23.8 Å². The molecule has 88 valence electrons. The Labute approximate surface area is 96.5 Å². The summed E-state index contributed by atoms with van der Waals surface area (Å²) in [4.78, 5) is 2.28. The third-order valence-electron chi connectivity index (χ3n) is 3.41. The summed E-state index contributed by atoms with van der Waals surface area (Å²) >= 11 is 0. The lowest BCUT2D eigenvalue weighted by Gasteiger charge is -2.33. The number of hydrogen-bond acceptors (Lipinski definition) is 2. The number of halogens is 1. The summed E-state index contributed by atoms with van der Waals surface area (Å²) in [6.45, 7) is 5.34. The first-order valence-corrected chi connectivity index (χ1v) is 5.73. The first kappa shape index (κ1) is 11.4. The minimum absolute atomic E-state index is 0.0848. The van der Waals surface area contributed by atoms with Crippen molar-refractivity contribution in [2.75, 3.05) is 18.5 Å². The Morgan fingerprint density at radius 2 is 2.19 bits per heavy atom. The van der Waals surface area contributed by atoms with Gasteiger partial charge in [-0.2, -0.15) is 0 Å². The van der Waals surface area contributed by atoms with Crippen molar-refractivity contribution in [3.05, 3.63) is 30.1 Å². The lowest BCUT2D eigenvalue weighted by Crippen LogP contribution is -2.38. The monoisotopic (exact) mass is 222 g/mol. The first-order valence-electron chi connectivity index (χ1n) is 5.73. The van der Waals surface area contributed by atoms with Crippen LogP contribution in [-0.4, -0.2) is 25.2 Å².